The molecular formula is C19H21ClN2O3. The third-order valence-electron chi connectivity index (χ3n) is 3.21. The van der Waals surface area contributed by atoms with Crippen molar-refractivity contribution in [3.63, 3.8) is 0 Å². The van der Waals surface area contributed by atoms with E-state index in [1.165, 1.54) is 6.92 Å². The Morgan fingerprint density at radius 2 is 2.08 bits per heavy atom. The molecule has 1 aromatic carbocycles. The summed E-state index contributed by atoms with van der Waals surface area (Å²) in [5.41, 5.74) is 0.902. The molecule has 1 N–H and O–H groups in total. The minimum Gasteiger partial charge on any atom is -0.492 e. The Hall–Kier alpha value is -2.53. The lowest BCUT2D eigenvalue weighted by molar-refractivity contribution is -0.119. The number of benzene rings is 1. The summed E-state index contributed by atoms with van der Waals surface area (Å²) >= 11 is 6.27. The molecule has 25 heavy (non-hydrogen) atoms. The molecule has 1 heterocycles. The second-order valence-corrected chi connectivity index (χ2v) is 5.76. The fraction of sp³-hybridized carbons (Fsp3) is 0.263. The third kappa shape index (κ3) is 5.80. The first-order valence-electron chi connectivity index (χ1n) is 8.00. The summed E-state index contributed by atoms with van der Waals surface area (Å²) in [6.45, 7) is 5.81. The van der Waals surface area contributed by atoms with E-state index >= 15 is 0 Å². The van der Waals surface area contributed by atoms with E-state index < -0.39 is 0 Å². The van der Waals surface area contributed by atoms with Crippen molar-refractivity contribution in [1.29, 1.82) is 0 Å². The van der Waals surface area contributed by atoms with Gasteiger partial charge >= 0.3 is 0 Å². The van der Waals surface area contributed by atoms with Gasteiger partial charge in [0.05, 0.1) is 6.61 Å². The number of halogens is 1. The molecule has 0 unspecified atom stereocenters. The Balaban J connectivity index is 2.04. The van der Waals surface area contributed by atoms with Gasteiger partial charge in [-0.2, -0.15) is 0 Å². The number of hydrogen-bond donors (Lipinski definition) is 1. The molecule has 0 saturated heterocycles. The number of carbonyl (C=O) groups is 1. The number of amides is 1. The average molecular weight is 361 g/mol. The van der Waals surface area contributed by atoms with Crippen LogP contribution in [0.3, 0.4) is 0 Å². The number of nitrogens with zero attached hydrogens (tertiary/aromatic N) is 1. The second kappa shape index (κ2) is 9.08. The van der Waals surface area contributed by atoms with Crippen LogP contribution in [-0.2, 0) is 4.79 Å². The average Bonchev–Trinajstić information content (AvgIpc) is 2.57. The van der Waals surface area contributed by atoms with Crippen LogP contribution >= 0.6 is 11.6 Å². The number of nitrogens with one attached hydrogen (secondary N) is 1. The van der Waals surface area contributed by atoms with Crippen molar-refractivity contribution >= 4 is 23.6 Å². The monoisotopic (exact) mass is 360 g/mol. The van der Waals surface area contributed by atoms with Gasteiger partial charge in [-0.1, -0.05) is 29.8 Å². The van der Waals surface area contributed by atoms with Crippen molar-refractivity contribution < 1.29 is 14.3 Å². The molecule has 132 valence electrons. The Morgan fingerprint density at radius 1 is 1.32 bits per heavy atom. The van der Waals surface area contributed by atoms with E-state index in [1.807, 2.05) is 38.1 Å². The lowest BCUT2D eigenvalue weighted by atomic mass is 10.2. The maximum Gasteiger partial charge on any atom is 0.219 e. The summed E-state index contributed by atoms with van der Waals surface area (Å²) in [5, 5.41) is 3.20. The van der Waals surface area contributed by atoms with Crippen LogP contribution in [0.2, 0.25) is 5.02 Å². The van der Waals surface area contributed by atoms with Gasteiger partial charge in [0, 0.05) is 25.2 Å². The molecule has 0 saturated carbocycles. The molecule has 0 spiro atoms. The number of aromatic nitrogens is 1. The van der Waals surface area contributed by atoms with Crippen LogP contribution in [0.4, 0.5) is 0 Å². The topological polar surface area (TPSA) is 60.5 Å². The largest absolute Gasteiger partial charge is 0.492 e. The highest BCUT2D eigenvalue weighted by Crippen LogP contribution is 2.35. The van der Waals surface area contributed by atoms with Crippen LogP contribution in [0.15, 0.2) is 42.6 Å². The van der Waals surface area contributed by atoms with E-state index in [-0.39, 0.29) is 11.9 Å². The maximum atomic E-state index is 11.0. The second-order valence-electron chi connectivity index (χ2n) is 5.38. The van der Waals surface area contributed by atoms with Crippen molar-refractivity contribution in [1.82, 2.24) is 10.3 Å². The Bertz CT molecular complexity index is 745. The summed E-state index contributed by atoms with van der Waals surface area (Å²) < 4.78 is 11.2. The minimum absolute atomic E-state index is 0.0476. The highest BCUT2D eigenvalue weighted by molar-refractivity contribution is 6.33. The molecule has 0 radical (unpaired) electrons. The predicted molar refractivity (Wildman–Crippen MR) is 99.2 cm³/mol. The van der Waals surface area contributed by atoms with Crippen molar-refractivity contribution in [2.24, 2.45) is 0 Å². The number of pyridine rings is 1. The highest BCUT2D eigenvalue weighted by Gasteiger charge is 2.09. The summed E-state index contributed by atoms with van der Waals surface area (Å²) in [4.78, 5) is 15.3. The molecule has 0 aliphatic heterocycles. The van der Waals surface area contributed by atoms with Crippen LogP contribution in [0.25, 0.3) is 6.08 Å². The van der Waals surface area contributed by atoms with Gasteiger partial charge in [-0.3, -0.25) is 4.79 Å². The van der Waals surface area contributed by atoms with Crippen LogP contribution < -0.4 is 14.8 Å². The summed E-state index contributed by atoms with van der Waals surface area (Å²) in [6, 6.07) is 8.94. The summed E-state index contributed by atoms with van der Waals surface area (Å²) in [5.74, 6) is 1.43. The molecule has 1 atom stereocenters. The fourth-order valence-electron chi connectivity index (χ4n) is 2.12. The molecule has 0 aliphatic carbocycles. The van der Waals surface area contributed by atoms with Gasteiger partial charge in [0.15, 0.2) is 5.75 Å². The first-order valence-corrected chi connectivity index (χ1v) is 8.38. The number of hydrogen-bond acceptors (Lipinski definition) is 4. The van der Waals surface area contributed by atoms with E-state index in [1.54, 1.807) is 24.4 Å². The summed E-state index contributed by atoms with van der Waals surface area (Å²) in [6.07, 6.45) is 5.47. The zero-order valence-electron chi connectivity index (χ0n) is 14.5. The Morgan fingerprint density at radius 3 is 2.72 bits per heavy atom. The van der Waals surface area contributed by atoms with Crippen LogP contribution in [-0.4, -0.2) is 23.5 Å². The maximum absolute atomic E-state index is 11.0. The zero-order chi connectivity index (χ0) is 18.2. The minimum atomic E-state index is -0.0646. The first kappa shape index (κ1) is 18.8. The van der Waals surface area contributed by atoms with Gasteiger partial charge in [-0.25, -0.2) is 4.98 Å². The number of rotatable bonds is 7. The van der Waals surface area contributed by atoms with E-state index in [4.69, 9.17) is 21.1 Å². The van der Waals surface area contributed by atoms with Gasteiger partial charge in [0.25, 0.3) is 0 Å². The molecule has 5 nitrogen and oxygen atoms in total. The summed E-state index contributed by atoms with van der Waals surface area (Å²) in [7, 11) is 0. The van der Waals surface area contributed by atoms with E-state index in [0.717, 1.165) is 5.56 Å². The van der Waals surface area contributed by atoms with Crippen LogP contribution in [0.5, 0.6) is 17.4 Å². The van der Waals surface area contributed by atoms with Gasteiger partial charge in [0.1, 0.15) is 10.8 Å². The number of ether oxygens (including phenoxy) is 2. The normalized spacial score (nSPS) is 12.0. The van der Waals surface area contributed by atoms with Gasteiger partial charge in [-0.05, 0) is 37.6 Å². The smallest absolute Gasteiger partial charge is 0.219 e. The van der Waals surface area contributed by atoms with Crippen molar-refractivity contribution in [2.75, 3.05) is 6.61 Å². The molecule has 0 bridgehead atoms. The molecule has 0 aliphatic rings. The standard InChI is InChI=1S/C19H21ClN2O3/c1-4-24-16-6-5-7-17(19(16)20)25-18-11-10-15(12-21-18)9-8-13(2)22-14(3)23/h5-13H,4H2,1-3H3,(H,22,23)/t13-/m0/s1. The fourth-order valence-corrected chi connectivity index (χ4v) is 2.34. The molecule has 6 heteroatoms. The predicted octanol–water partition coefficient (Wildman–Crippen LogP) is 4.46. The van der Waals surface area contributed by atoms with E-state index in [9.17, 15) is 4.79 Å². The molecule has 1 amide bonds. The molecule has 0 fully saturated rings. The molecule has 2 aromatic rings. The highest BCUT2D eigenvalue weighted by atomic mass is 35.5. The Labute approximate surface area is 152 Å². The van der Waals surface area contributed by atoms with Crippen LogP contribution in [0.1, 0.15) is 26.3 Å². The lowest BCUT2D eigenvalue weighted by Crippen LogP contribution is -2.28. The van der Waals surface area contributed by atoms with E-state index in [0.29, 0.717) is 29.0 Å². The molecule has 1 aromatic heterocycles. The first-order chi connectivity index (χ1) is 12.0. The van der Waals surface area contributed by atoms with Gasteiger partial charge in [-0.15, -0.1) is 0 Å². The molecular weight excluding hydrogens is 340 g/mol. The quantitative estimate of drug-likeness (QED) is 0.791. The van der Waals surface area contributed by atoms with E-state index in [2.05, 4.69) is 10.3 Å². The van der Waals surface area contributed by atoms with Crippen LogP contribution in [0, 0.1) is 0 Å². The van der Waals surface area contributed by atoms with Gasteiger partial charge in [0.2, 0.25) is 11.8 Å². The number of carbonyl (C=O) groups excluding carboxylic acids is 1. The van der Waals surface area contributed by atoms with Crippen molar-refractivity contribution in [2.45, 2.75) is 26.8 Å². The van der Waals surface area contributed by atoms with Crippen molar-refractivity contribution in [3.8, 4) is 17.4 Å². The third-order valence-corrected chi connectivity index (χ3v) is 3.58. The SMILES string of the molecule is CCOc1cccc(Oc2ccc(C=C[C@H](C)NC(C)=O)cn2)c1Cl. The van der Waals surface area contributed by atoms with Gasteiger partial charge < -0.3 is 14.8 Å². The Kier molecular flexibility index (Phi) is 6.83. The van der Waals surface area contributed by atoms with Crippen molar-refractivity contribution in [3.05, 3.63) is 53.2 Å². The lowest BCUT2D eigenvalue weighted by Gasteiger charge is -2.10. The molecule has 2 rings (SSSR count). The zero-order valence-corrected chi connectivity index (χ0v) is 15.2.